The summed E-state index contributed by atoms with van der Waals surface area (Å²) in [7, 11) is 0. The van der Waals surface area contributed by atoms with Crippen LogP contribution in [0.3, 0.4) is 0 Å². The van der Waals surface area contributed by atoms with Gasteiger partial charge in [-0.2, -0.15) is 4.98 Å². The van der Waals surface area contributed by atoms with E-state index in [1.807, 2.05) is 30.7 Å². The van der Waals surface area contributed by atoms with Crippen LogP contribution < -0.4 is 0 Å². The fraction of sp³-hybridized carbons (Fsp3) is 0.429. The van der Waals surface area contributed by atoms with E-state index in [9.17, 15) is 0 Å². The highest BCUT2D eigenvalue weighted by atomic mass is 35.5. The quantitative estimate of drug-likeness (QED) is 0.693. The Balaban J connectivity index is 1.97. The van der Waals surface area contributed by atoms with Crippen molar-refractivity contribution in [1.29, 1.82) is 0 Å². The zero-order valence-corrected chi connectivity index (χ0v) is 12.9. The smallest absolute Gasteiger partial charge is 0.223 e. The molecule has 0 amide bonds. The molecule has 110 valence electrons. The minimum absolute atomic E-state index is 0.188. The summed E-state index contributed by atoms with van der Waals surface area (Å²) in [5.41, 5.74) is 2.78. The van der Waals surface area contributed by atoms with Crippen LogP contribution in [-0.2, 0) is 13.0 Å². The molecule has 7 heteroatoms. The highest BCUT2D eigenvalue weighted by Crippen LogP contribution is 2.24. The molecule has 0 aromatic carbocycles. The normalized spacial score (nSPS) is 13.0. The van der Waals surface area contributed by atoms with Crippen molar-refractivity contribution >= 4 is 22.8 Å². The minimum atomic E-state index is -0.188. The predicted octanol–water partition coefficient (Wildman–Crippen LogP) is 2.97. The van der Waals surface area contributed by atoms with Gasteiger partial charge in [0.05, 0.1) is 5.38 Å². The number of fused-ring (bicyclic) bond motifs is 1. The summed E-state index contributed by atoms with van der Waals surface area (Å²) in [6.45, 7) is 6.35. The van der Waals surface area contributed by atoms with Crippen LogP contribution in [0.4, 0.5) is 0 Å². The number of nitrogens with zero attached hydrogens (tertiary/aromatic N) is 5. The second kappa shape index (κ2) is 5.44. The molecular formula is C14H16ClN5O. The first-order valence-corrected chi connectivity index (χ1v) is 7.24. The highest BCUT2D eigenvalue weighted by Gasteiger charge is 2.16. The van der Waals surface area contributed by atoms with Gasteiger partial charge in [-0.1, -0.05) is 5.16 Å². The second-order valence-corrected chi connectivity index (χ2v) is 5.73. The molecule has 0 aliphatic rings. The van der Waals surface area contributed by atoms with Crippen molar-refractivity contribution < 1.29 is 4.52 Å². The maximum atomic E-state index is 6.24. The number of imidazole rings is 1. The van der Waals surface area contributed by atoms with Gasteiger partial charge in [0.1, 0.15) is 11.3 Å². The van der Waals surface area contributed by atoms with Crippen molar-refractivity contribution in [2.24, 2.45) is 0 Å². The molecule has 0 radical (unpaired) electrons. The summed E-state index contributed by atoms with van der Waals surface area (Å²) < 4.78 is 7.01. The minimum Gasteiger partial charge on any atom is -0.340 e. The third-order valence-electron chi connectivity index (χ3n) is 3.24. The molecule has 0 aliphatic carbocycles. The second-order valence-electron chi connectivity index (χ2n) is 5.07. The molecule has 0 saturated carbocycles. The third-order valence-corrected chi connectivity index (χ3v) is 3.43. The Labute approximate surface area is 127 Å². The summed E-state index contributed by atoms with van der Waals surface area (Å²) in [4.78, 5) is 13.3. The van der Waals surface area contributed by atoms with Gasteiger partial charge in [-0.3, -0.25) is 0 Å². The monoisotopic (exact) mass is 305 g/mol. The molecule has 6 nitrogen and oxygen atoms in total. The van der Waals surface area contributed by atoms with Crippen LogP contribution >= 0.6 is 11.6 Å². The molecule has 3 heterocycles. The summed E-state index contributed by atoms with van der Waals surface area (Å²) in [5, 5.41) is 3.72. The van der Waals surface area contributed by atoms with E-state index in [2.05, 4.69) is 20.1 Å². The molecule has 3 rings (SSSR count). The maximum Gasteiger partial charge on any atom is 0.223 e. The van der Waals surface area contributed by atoms with Crippen molar-refractivity contribution in [1.82, 2.24) is 24.7 Å². The van der Waals surface area contributed by atoms with Gasteiger partial charge in [-0.05, 0) is 25.5 Å². The molecule has 0 saturated heterocycles. The van der Waals surface area contributed by atoms with Crippen LogP contribution in [0.2, 0.25) is 0 Å². The average molecular weight is 306 g/mol. The fourth-order valence-corrected chi connectivity index (χ4v) is 2.47. The Morgan fingerprint density at radius 3 is 2.81 bits per heavy atom. The van der Waals surface area contributed by atoms with Gasteiger partial charge in [-0.25, -0.2) is 9.97 Å². The van der Waals surface area contributed by atoms with E-state index in [0.717, 1.165) is 22.6 Å². The van der Waals surface area contributed by atoms with Gasteiger partial charge in [0.15, 0.2) is 11.5 Å². The summed E-state index contributed by atoms with van der Waals surface area (Å²) in [5.74, 6) is 2.06. The molecule has 0 fully saturated rings. The Morgan fingerprint density at radius 2 is 2.14 bits per heavy atom. The van der Waals surface area contributed by atoms with Crippen molar-refractivity contribution in [2.75, 3.05) is 0 Å². The van der Waals surface area contributed by atoms with Crippen LogP contribution in [0.25, 0.3) is 11.2 Å². The standard InChI is InChI=1S/C14H16ClN5O/c1-8-6-11-14(16-7-8)20(13(18-11)9(2)15)5-4-12-17-10(3)21-19-12/h6-7,9H,4-5H2,1-3H3. The molecule has 3 aromatic rings. The van der Waals surface area contributed by atoms with E-state index in [0.29, 0.717) is 24.7 Å². The summed E-state index contributed by atoms with van der Waals surface area (Å²) in [6.07, 6.45) is 2.48. The van der Waals surface area contributed by atoms with Crippen molar-refractivity contribution in [2.45, 2.75) is 39.1 Å². The average Bonchev–Trinajstić information content (AvgIpc) is 2.99. The Hall–Kier alpha value is -1.95. The molecule has 0 aliphatic heterocycles. The van der Waals surface area contributed by atoms with Gasteiger partial charge >= 0.3 is 0 Å². The number of hydrogen-bond acceptors (Lipinski definition) is 5. The lowest BCUT2D eigenvalue weighted by Gasteiger charge is -2.08. The third kappa shape index (κ3) is 2.76. The molecule has 1 atom stereocenters. The van der Waals surface area contributed by atoms with Gasteiger partial charge < -0.3 is 9.09 Å². The first-order chi connectivity index (χ1) is 10.0. The predicted molar refractivity (Wildman–Crippen MR) is 79.3 cm³/mol. The summed E-state index contributed by atoms with van der Waals surface area (Å²) in [6, 6.07) is 2.01. The van der Waals surface area contributed by atoms with Gasteiger partial charge in [0, 0.05) is 26.1 Å². The van der Waals surface area contributed by atoms with Gasteiger partial charge in [0.25, 0.3) is 0 Å². The zero-order valence-electron chi connectivity index (χ0n) is 12.2. The summed E-state index contributed by atoms with van der Waals surface area (Å²) >= 11 is 6.24. The van der Waals surface area contributed by atoms with Crippen molar-refractivity contribution in [3.05, 3.63) is 35.4 Å². The zero-order chi connectivity index (χ0) is 15.0. The SMILES string of the molecule is Cc1cnc2c(c1)nc(C(C)Cl)n2CCc1noc(C)n1. The number of halogens is 1. The van der Waals surface area contributed by atoms with Crippen molar-refractivity contribution in [3.63, 3.8) is 0 Å². The van der Waals surface area contributed by atoms with E-state index in [-0.39, 0.29) is 5.38 Å². The number of aromatic nitrogens is 5. The number of hydrogen-bond donors (Lipinski definition) is 0. The van der Waals surface area contributed by atoms with Crippen LogP contribution in [0.15, 0.2) is 16.8 Å². The molecule has 1 unspecified atom stereocenters. The molecule has 0 N–H and O–H groups in total. The Kier molecular flexibility index (Phi) is 3.63. The lowest BCUT2D eigenvalue weighted by atomic mass is 10.3. The van der Waals surface area contributed by atoms with E-state index in [1.165, 1.54) is 0 Å². The molecule has 0 spiro atoms. The lowest BCUT2D eigenvalue weighted by Crippen LogP contribution is -2.08. The van der Waals surface area contributed by atoms with Crippen LogP contribution in [-0.4, -0.2) is 24.7 Å². The number of rotatable bonds is 4. The van der Waals surface area contributed by atoms with E-state index in [1.54, 1.807) is 6.92 Å². The number of alkyl halides is 1. The fourth-order valence-electron chi connectivity index (χ4n) is 2.31. The van der Waals surface area contributed by atoms with Crippen LogP contribution in [0.1, 0.15) is 35.4 Å². The van der Waals surface area contributed by atoms with E-state index in [4.69, 9.17) is 16.1 Å². The number of aryl methyl sites for hydroxylation is 4. The Bertz CT molecular complexity index is 777. The molecule has 0 bridgehead atoms. The molecule has 3 aromatic heterocycles. The largest absolute Gasteiger partial charge is 0.340 e. The van der Waals surface area contributed by atoms with Crippen molar-refractivity contribution in [3.8, 4) is 0 Å². The van der Waals surface area contributed by atoms with Crippen LogP contribution in [0, 0.1) is 13.8 Å². The van der Waals surface area contributed by atoms with E-state index < -0.39 is 0 Å². The first kappa shape index (κ1) is 14.0. The maximum absolute atomic E-state index is 6.24. The number of pyridine rings is 1. The van der Waals surface area contributed by atoms with Gasteiger partial charge in [-0.15, -0.1) is 11.6 Å². The Morgan fingerprint density at radius 1 is 1.33 bits per heavy atom. The highest BCUT2D eigenvalue weighted by molar-refractivity contribution is 6.20. The first-order valence-electron chi connectivity index (χ1n) is 6.80. The van der Waals surface area contributed by atoms with Crippen LogP contribution in [0.5, 0.6) is 0 Å². The van der Waals surface area contributed by atoms with E-state index >= 15 is 0 Å². The molecular weight excluding hydrogens is 290 g/mol. The molecule has 21 heavy (non-hydrogen) atoms. The van der Waals surface area contributed by atoms with Gasteiger partial charge in [0.2, 0.25) is 5.89 Å². The topological polar surface area (TPSA) is 69.6 Å². The lowest BCUT2D eigenvalue weighted by molar-refractivity contribution is 0.386.